The van der Waals surface area contributed by atoms with Gasteiger partial charge >= 0.3 is 0 Å². The smallest absolute Gasteiger partial charge is 0.232 e. The number of nitrogens with one attached hydrogen (secondary N) is 1. The number of carbonyl (C=O) groups excluding carboxylic acids is 1. The van der Waals surface area contributed by atoms with Crippen LogP contribution in [0.2, 0.25) is 0 Å². The second-order valence-electron chi connectivity index (χ2n) is 6.48. The van der Waals surface area contributed by atoms with Gasteiger partial charge in [0.1, 0.15) is 19.0 Å². The predicted molar refractivity (Wildman–Crippen MR) is 103 cm³/mol. The monoisotopic (exact) mass is 378 g/mol. The molecule has 142 valence electrons. The number of anilines is 1. The second-order valence-corrected chi connectivity index (χ2v) is 6.48. The van der Waals surface area contributed by atoms with Gasteiger partial charge in [-0.25, -0.2) is 4.39 Å². The van der Waals surface area contributed by atoms with Crippen LogP contribution >= 0.6 is 0 Å². The second kappa shape index (κ2) is 8.08. The fraction of sp³-hybridized carbons (Fsp3) is 0.182. The number of fused-ring (bicyclic) bond motifs is 1. The number of ether oxygens (including phenoxy) is 2. The van der Waals surface area contributed by atoms with Crippen molar-refractivity contribution < 1.29 is 18.7 Å². The summed E-state index contributed by atoms with van der Waals surface area (Å²) in [6, 6.07) is 16.8. The molecule has 3 aromatic rings. The Morgan fingerprint density at radius 3 is 2.57 bits per heavy atom. The third-order valence-corrected chi connectivity index (χ3v) is 4.54. The van der Waals surface area contributed by atoms with Gasteiger partial charge in [0.2, 0.25) is 5.91 Å². The number of rotatable bonds is 5. The number of aromatic nitrogens is 1. The third kappa shape index (κ3) is 4.11. The maximum atomic E-state index is 13.3. The molecule has 0 radical (unpaired) electrons. The Kier molecular flexibility index (Phi) is 5.19. The van der Waals surface area contributed by atoms with Crippen molar-refractivity contribution in [3.63, 3.8) is 0 Å². The van der Waals surface area contributed by atoms with E-state index in [9.17, 15) is 9.18 Å². The molecule has 0 saturated heterocycles. The Bertz CT molecular complexity index is 961. The number of hydrogen-bond acceptors (Lipinski definition) is 4. The lowest BCUT2D eigenvalue weighted by atomic mass is 9.93. The fourth-order valence-corrected chi connectivity index (χ4v) is 3.14. The number of hydrogen-bond donors (Lipinski definition) is 1. The van der Waals surface area contributed by atoms with Gasteiger partial charge in [0.15, 0.2) is 11.5 Å². The Hall–Kier alpha value is -3.41. The summed E-state index contributed by atoms with van der Waals surface area (Å²) >= 11 is 0. The van der Waals surface area contributed by atoms with Gasteiger partial charge in [0.05, 0.1) is 5.92 Å². The van der Waals surface area contributed by atoms with Crippen LogP contribution in [0, 0.1) is 5.82 Å². The zero-order chi connectivity index (χ0) is 19.3. The van der Waals surface area contributed by atoms with Crippen LogP contribution in [0.1, 0.15) is 17.2 Å². The van der Waals surface area contributed by atoms with Crippen molar-refractivity contribution in [3.8, 4) is 11.5 Å². The molecule has 0 spiro atoms. The van der Waals surface area contributed by atoms with E-state index < -0.39 is 5.92 Å². The topological polar surface area (TPSA) is 60.5 Å². The Balaban J connectivity index is 1.58. The molecule has 1 unspecified atom stereocenters. The molecule has 4 rings (SSSR count). The van der Waals surface area contributed by atoms with Crippen molar-refractivity contribution in [2.75, 3.05) is 18.5 Å². The number of carbonyl (C=O) groups is 1. The van der Waals surface area contributed by atoms with Crippen LogP contribution < -0.4 is 14.8 Å². The Labute approximate surface area is 162 Å². The van der Waals surface area contributed by atoms with E-state index in [1.54, 1.807) is 36.5 Å². The van der Waals surface area contributed by atoms with Crippen molar-refractivity contribution in [2.45, 2.75) is 12.3 Å². The van der Waals surface area contributed by atoms with E-state index in [-0.39, 0.29) is 11.7 Å². The molecule has 1 aliphatic heterocycles. The molecule has 0 fully saturated rings. The van der Waals surface area contributed by atoms with Crippen molar-refractivity contribution in [1.82, 2.24) is 4.98 Å². The van der Waals surface area contributed by atoms with Gasteiger partial charge < -0.3 is 14.8 Å². The lowest BCUT2D eigenvalue weighted by Crippen LogP contribution is -2.23. The van der Waals surface area contributed by atoms with Crippen LogP contribution in [0.15, 0.2) is 66.9 Å². The molecular formula is C22H19FN2O3. The van der Waals surface area contributed by atoms with E-state index in [0.717, 1.165) is 11.3 Å². The first-order valence-corrected chi connectivity index (χ1v) is 9.05. The minimum atomic E-state index is -0.510. The molecule has 6 heteroatoms. The summed E-state index contributed by atoms with van der Waals surface area (Å²) in [5, 5.41) is 2.93. The van der Waals surface area contributed by atoms with Crippen molar-refractivity contribution in [3.05, 3.63) is 83.9 Å². The van der Waals surface area contributed by atoms with Gasteiger partial charge in [-0.1, -0.05) is 18.2 Å². The first-order chi connectivity index (χ1) is 13.7. The highest BCUT2D eigenvalue weighted by atomic mass is 19.1. The summed E-state index contributed by atoms with van der Waals surface area (Å²) in [4.78, 5) is 17.4. The van der Waals surface area contributed by atoms with Crippen LogP contribution in [0.25, 0.3) is 0 Å². The molecule has 1 aliphatic rings. The molecule has 2 heterocycles. The molecule has 1 atom stereocenters. The first-order valence-electron chi connectivity index (χ1n) is 9.05. The van der Waals surface area contributed by atoms with Crippen molar-refractivity contribution >= 4 is 11.6 Å². The molecule has 1 N–H and O–H groups in total. The molecule has 0 aliphatic carbocycles. The SMILES string of the molecule is O=C(Nc1ccc2c(c1)OCCO2)C(Cc1ccccn1)c1ccc(F)cc1. The summed E-state index contributed by atoms with van der Waals surface area (Å²) in [5.41, 5.74) is 2.12. The molecule has 28 heavy (non-hydrogen) atoms. The quantitative estimate of drug-likeness (QED) is 0.730. The van der Waals surface area contributed by atoms with Gasteiger partial charge in [-0.2, -0.15) is 0 Å². The lowest BCUT2D eigenvalue weighted by Gasteiger charge is -2.20. The molecule has 1 aromatic heterocycles. The van der Waals surface area contributed by atoms with E-state index >= 15 is 0 Å². The standard InChI is InChI=1S/C22H19FN2O3/c23-16-6-4-15(5-7-16)19(13-17-3-1-2-10-24-17)22(26)25-18-8-9-20-21(14-18)28-12-11-27-20/h1-10,14,19H,11-13H2,(H,25,26). The molecule has 1 amide bonds. The van der Waals surface area contributed by atoms with Gasteiger partial charge in [0, 0.05) is 30.1 Å². The molecule has 0 saturated carbocycles. The van der Waals surface area contributed by atoms with E-state index in [1.807, 2.05) is 18.2 Å². The maximum Gasteiger partial charge on any atom is 0.232 e. The van der Waals surface area contributed by atoms with E-state index in [1.165, 1.54) is 12.1 Å². The number of pyridine rings is 1. The fourth-order valence-electron chi connectivity index (χ4n) is 3.14. The van der Waals surface area contributed by atoms with Crippen LogP contribution in [-0.2, 0) is 11.2 Å². The molecule has 0 bridgehead atoms. The van der Waals surface area contributed by atoms with Gasteiger partial charge in [0.25, 0.3) is 0 Å². The number of benzene rings is 2. The van der Waals surface area contributed by atoms with Crippen LogP contribution in [0.5, 0.6) is 11.5 Å². The summed E-state index contributed by atoms with van der Waals surface area (Å²) < 4.78 is 24.4. The van der Waals surface area contributed by atoms with Crippen LogP contribution in [0.3, 0.4) is 0 Å². The normalized spacial score (nSPS) is 13.6. The molecule has 2 aromatic carbocycles. The van der Waals surface area contributed by atoms with E-state index in [0.29, 0.717) is 36.8 Å². The Morgan fingerprint density at radius 2 is 1.82 bits per heavy atom. The van der Waals surface area contributed by atoms with Crippen molar-refractivity contribution in [2.24, 2.45) is 0 Å². The highest BCUT2D eigenvalue weighted by Gasteiger charge is 2.23. The van der Waals surface area contributed by atoms with E-state index in [4.69, 9.17) is 9.47 Å². The highest BCUT2D eigenvalue weighted by Crippen LogP contribution is 2.33. The summed E-state index contributed by atoms with van der Waals surface area (Å²) in [6.45, 7) is 0.984. The maximum absolute atomic E-state index is 13.3. The highest BCUT2D eigenvalue weighted by molar-refractivity contribution is 5.96. The van der Waals surface area contributed by atoms with Gasteiger partial charge in [-0.15, -0.1) is 0 Å². The zero-order valence-electron chi connectivity index (χ0n) is 15.1. The minimum Gasteiger partial charge on any atom is -0.486 e. The zero-order valence-corrected chi connectivity index (χ0v) is 15.1. The van der Waals surface area contributed by atoms with Gasteiger partial charge in [-0.05, 0) is 42.0 Å². The lowest BCUT2D eigenvalue weighted by molar-refractivity contribution is -0.117. The first kappa shape index (κ1) is 18.0. The van der Waals surface area contributed by atoms with Crippen LogP contribution in [-0.4, -0.2) is 24.1 Å². The Morgan fingerprint density at radius 1 is 1.04 bits per heavy atom. The largest absolute Gasteiger partial charge is 0.486 e. The predicted octanol–water partition coefficient (Wildman–Crippen LogP) is 3.96. The number of nitrogens with zero attached hydrogens (tertiary/aromatic N) is 1. The van der Waals surface area contributed by atoms with Crippen molar-refractivity contribution in [1.29, 1.82) is 0 Å². The minimum absolute atomic E-state index is 0.200. The summed E-state index contributed by atoms with van der Waals surface area (Å²) in [6.07, 6.45) is 2.10. The molecule has 5 nitrogen and oxygen atoms in total. The van der Waals surface area contributed by atoms with E-state index in [2.05, 4.69) is 10.3 Å². The average Bonchev–Trinajstić information content (AvgIpc) is 2.73. The number of amides is 1. The number of halogens is 1. The molecular weight excluding hydrogens is 359 g/mol. The third-order valence-electron chi connectivity index (χ3n) is 4.54. The average molecular weight is 378 g/mol. The van der Waals surface area contributed by atoms with Gasteiger partial charge in [-0.3, -0.25) is 9.78 Å². The summed E-state index contributed by atoms with van der Waals surface area (Å²) in [7, 11) is 0. The van der Waals surface area contributed by atoms with Crippen LogP contribution in [0.4, 0.5) is 10.1 Å². The summed E-state index contributed by atoms with van der Waals surface area (Å²) in [5.74, 6) is 0.213.